The van der Waals surface area contributed by atoms with Crippen LogP contribution in [0.2, 0.25) is 5.02 Å². The van der Waals surface area contributed by atoms with Crippen molar-refractivity contribution >= 4 is 23.4 Å². The molecule has 106 valence electrons. The predicted octanol–water partition coefficient (Wildman–Crippen LogP) is 1.97. The van der Waals surface area contributed by atoms with Crippen molar-refractivity contribution in [1.29, 1.82) is 0 Å². The molecular weight excluding hydrogens is 276 g/mol. The summed E-state index contributed by atoms with van der Waals surface area (Å²) in [5.74, 6) is -0.123. The number of carbonyl (C=O) groups excluding carboxylic acids is 2. The van der Waals surface area contributed by atoms with Crippen LogP contribution in [-0.4, -0.2) is 29.3 Å². The van der Waals surface area contributed by atoms with E-state index in [4.69, 9.17) is 11.6 Å². The highest BCUT2D eigenvalue weighted by Gasteiger charge is 2.38. The van der Waals surface area contributed by atoms with Crippen LogP contribution < -0.4 is 5.32 Å². The Kier molecular flexibility index (Phi) is 3.66. The van der Waals surface area contributed by atoms with E-state index in [2.05, 4.69) is 5.32 Å². The summed E-state index contributed by atoms with van der Waals surface area (Å²) in [5.41, 5.74) is 1.08. The van der Waals surface area contributed by atoms with Gasteiger partial charge in [-0.05, 0) is 30.5 Å². The van der Waals surface area contributed by atoms with Crippen molar-refractivity contribution in [3.8, 4) is 0 Å². The van der Waals surface area contributed by atoms with Crippen LogP contribution in [0.15, 0.2) is 24.3 Å². The number of carbonyl (C=O) groups is 2. The quantitative estimate of drug-likeness (QED) is 0.922. The third-order valence-corrected chi connectivity index (χ3v) is 4.12. The maximum absolute atomic E-state index is 12.6. The van der Waals surface area contributed by atoms with Crippen LogP contribution in [-0.2, 0) is 16.1 Å². The summed E-state index contributed by atoms with van der Waals surface area (Å²) in [6.45, 7) is 1.08. The number of hydrogen-bond acceptors (Lipinski definition) is 2. The minimum atomic E-state index is -0.199. The van der Waals surface area contributed by atoms with E-state index in [0.717, 1.165) is 18.4 Å². The monoisotopic (exact) mass is 292 g/mol. The number of nitrogens with zero attached hydrogens (tertiary/aromatic N) is 1. The van der Waals surface area contributed by atoms with Gasteiger partial charge in [0.2, 0.25) is 11.8 Å². The number of benzene rings is 1. The lowest BCUT2D eigenvalue weighted by molar-refractivity contribution is -0.137. The topological polar surface area (TPSA) is 49.4 Å². The molecule has 2 fully saturated rings. The molecule has 1 aromatic carbocycles. The van der Waals surface area contributed by atoms with Gasteiger partial charge in [-0.15, -0.1) is 0 Å². The van der Waals surface area contributed by atoms with Gasteiger partial charge in [0.1, 0.15) is 0 Å². The number of halogens is 1. The fraction of sp³-hybridized carbons (Fsp3) is 0.467. The lowest BCUT2D eigenvalue weighted by atomic mass is 10.1. The van der Waals surface area contributed by atoms with Crippen molar-refractivity contribution in [3.05, 3.63) is 34.9 Å². The molecule has 2 amide bonds. The Morgan fingerprint density at radius 1 is 1.30 bits per heavy atom. The molecule has 1 heterocycles. The summed E-state index contributed by atoms with van der Waals surface area (Å²) >= 11 is 5.88. The van der Waals surface area contributed by atoms with Crippen molar-refractivity contribution in [2.75, 3.05) is 6.54 Å². The van der Waals surface area contributed by atoms with E-state index in [1.165, 1.54) is 0 Å². The maximum atomic E-state index is 12.6. The molecule has 0 spiro atoms. The zero-order chi connectivity index (χ0) is 14.1. The van der Waals surface area contributed by atoms with E-state index in [1.54, 1.807) is 0 Å². The smallest absolute Gasteiger partial charge is 0.228 e. The van der Waals surface area contributed by atoms with Crippen molar-refractivity contribution in [2.45, 2.75) is 31.8 Å². The molecule has 1 unspecified atom stereocenters. The summed E-state index contributed by atoms with van der Waals surface area (Å²) < 4.78 is 0. The molecule has 1 aliphatic heterocycles. The van der Waals surface area contributed by atoms with Gasteiger partial charge in [-0.25, -0.2) is 0 Å². The molecular formula is C15H17ClN2O2. The average molecular weight is 293 g/mol. The number of hydrogen-bond donors (Lipinski definition) is 1. The second-order valence-corrected chi connectivity index (χ2v) is 5.97. The highest BCUT2D eigenvalue weighted by Crippen LogP contribution is 2.31. The largest absolute Gasteiger partial charge is 0.355 e. The lowest BCUT2D eigenvalue weighted by Crippen LogP contribution is -2.38. The first-order valence-corrected chi connectivity index (χ1v) is 7.33. The van der Waals surface area contributed by atoms with E-state index in [-0.39, 0.29) is 17.7 Å². The summed E-state index contributed by atoms with van der Waals surface area (Å²) in [6.07, 6.45) is 2.45. The Morgan fingerprint density at radius 2 is 2.00 bits per heavy atom. The van der Waals surface area contributed by atoms with E-state index >= 15 is 0 Å². The van der Waals surface area contributed by atoms with E-state index in [9.17, 15) is 9.59 Å². The first-order chi connectivity index (χ1) is 9.63. The van der Waals surface area contributed by atoms with E-state index in [0.29, 0.717) is 30.6 Å². The van der Waals surface area contributed by atoms with E-state index in [1.807, 2.05) is 29.2 Å². The molecule has 1 aliphatic carbocycles. The lowest BCUT2D eigenvalue weighted by Gasteiger charge is -2.25. The van der Waals surface area contributed by atoms with Gasteiger partial charge >= 0.3 is 0 Å². The van der Waals surface area contributed by atoms with Crippen molar-refractivity contribution in [3.63, 3.8) is 0 Å². The first-order valence-electron chi connectivity index (χ1n) is 6.95. The molecule has 5 heteroatoms. The molecule has 1 aromatic rings. The molecule has 2 aliphatic rings. The molecule has 20 heavy (non-hydrogen) atoms. The number of nitrogens with one attached hydrogen (secondary N) is 1. The number of rotatable bonds is 4. The van der Waals surface area contributed by atoms with Crippen LogP contribution in [0, 0.1) is 5.92 Å². The van der Waals surface area contributed by atoms with Gasteiger partial charge in [-0.3, -0.25) is 9.59 Å². The van der Waals surface area contributed by atoms with Crippen LogP contribution in [0.3, 0.4) is 0 Å². The summed E-state index contributed by atoms with van der Waals surface area (Å²) in [7, 11) is 0. The Bertz CT molecular complexity index is 525. The summed E-state index contributed by atoms with van der Waals surface area (Å²) in [5, 5.41) is 3.43. The van der Waals surface area contributed by atoms with Crippen molar-refractivity contribution in [1.82, 2.24) is 10.2 Å². The zero-order valence-electron chi connectivity index (χ0n) is 11.1. The van der Waals surface area contributed by atoms with E-state index < -0.39 is 0 Å². The van der Waals surface area contributed by atoms with Crippen LogP contribution >= 0.6 is 11.6 Å². The van der Waals surface area contributed by atoms with Gasteiger partial charge in [0, 0.05) is 30.6 Å². The highest BCUT2D eigenvalue weighted by atomic mass is 35.5. The fourth-order valence-electron chi connectivity index (χ4n) is 2.57. The number of amides is 2. The van der Waals surface area contributed by atoms with Gasteiger partial charge in [-0.1, -0.05) is 23.7 Å². The van der Waals surface area contributed by atoms with Gasteiger partial charge in [-0.2, -0.15) is 0 Å². The molecule has 0 aromatic heterocycles. The minimum absolute atomic E-state index is 0.0226. The molecule has 4 nitrogen and oxygen atoms in total. The fourth-order valence-corrected chi connectivity index (χ4v) is 2.70. The van der Waals surface area contributed by atoms with Gasteiger partial charge in [0.25, 0.3) is 0 Å². The van der Waals surface area contributed by atoms with Crippen LogP contribution in [0.25, 0.3) is 0 Å². The normalized spacial score (nSPS) is 21.6. The van der Waals surface area contributed by atoms with Crippen molar-refractivity contribution in [2.24, 2.45) is 5.92 Å². The zero-order valence-corrected chi connectivity index (χ0v) is 11.9. The van der Waals surface area contributed by atoms with Crippen LogP contribution in [0.1, 0.15) is 24.8 Å². The van der Waals surface area contributed by atoms with Gasteiger partial charge in [0.15, 0.2) is 0 Å². The minimum Gasteiger partial charge on any atom is -0.355 e. The first kappa shape index (κ1) is 13.4. The second kappa shape index (κ2) is 5.44. The summed E-state index contributed by atoms with van der Waals surface area (Å²) in [6, 6.07) is 7.92. The van der Waals surface area contributed by atoms with Crippen LogP contribution in [0.5, 0.6) is 0 Å². The summed E-state index contributed by atoms with van der Waals surface area (Å²) in [4.78, 5) is 25.7. The molecule has 1 saturated heterocycles. The third-order valence-electron chi connectivity index (χ3n) is 3.86. The second-order valence-electron chi connectivity index (χ2n) is 5.53. The SMILES string of the molecule is O=C1CC(C(=O)N(Cc2ccc(Cl)cc2)C2CC2)CN1. The Balaban J connectivity index is 1.70. The van der Waals surface area contributed by atoms with Crippen LogP contribution in [0.4, 0.5) is 0 Å². The standard InChI is InChI=1S/C15H17ClN2O2/c16-12-3-1-10(2-4-12)9-18(13-5-6-13)15(20)11-7-14(19)17-8-11/h1-4,11,13H,5-9H2,(H,17,19). The van der Waals surface area contributed by atoms with Crippen molar-refractivity contribution < 1.29 is 9.59 Å². The molecule has 1 N–H and O–H groups in total. The molecule has 3 rings (SSSR count). The molecule has 1 atom stereocenters. The Morgan fingerprint density at radius 3 is 2.55 bits per heavy atom. The Labute approximate surface area is 123 Å². The average Bonchev–Trinajstić information content (AvgIpc) is 3.19. The molecule has 0 bridgehead atoms. The van der Waals surface area contributed by atoms with Gasteiger partial charge < -0.3 is 10.2 Å². The highest BCUT2D eigenvalue weighted by molar-refractivity contribution is 6.30. The van der Waals surface area contributed by atoms with Gasteiger partial charge in [0.05, 0.1) is 5.92 Å². The third kappa shape index (κ3) is 2.96. The molecule has 1 saturated carbocycles. The molecule has 0 radical (unpaired) electrons. The maximum Gasteiger partial charge on any atom is 0.228 e. The Hall–Kier alpha value is -1.55. The predicted molar refractivity (Wildman–Crippen MR) is 76.1 cm³/mol.